The Bertz CT molecular complexity index is 482. The number of benzene rings is 1. The second-order valence-corrected chi connectivity index (χ2v) is 7.00. The molecule has 0 radical (unpaired) electrons. The highest BCUT2D eigenvalue weighted by Gasteiger charge is 2.18. The predicted octanol–water partition coefficient (Wildman–Crippen LogP) is 2.86. The quantitative estimate of drug-likeness (QED) is 0.841. The van der Waals surface area contributed by atoms with E-state index in [-0.39, 0.29) is 0 Å². The number of halogens is 1. The van der Waals surface area contributed by atoms with Gasteiger partial charge in [0.05, 0.1) is 0 Å². The van der Waals surface area contributed by atoms with Crippen molar-refractivity contribution >= 4 is 38.8 Å². The van der Waals surface area contributed by atoms with Crippen LogP contribution in [0, 0.1) is 5.92 Å². The number of hydrogen-bond donors (Lipinski definition) is 1. The second kappa shape index (κ2) is 6.87. The first-order chi connectivity index (χ1) is 9.47. The van der Waals surface area contributed by atoms with E-state index in [0.29, 0.717) is 4.99 Å². The summed E-state index contributed by atoms with van der Waals surface area (Å²) >= 11 is 8.59. The number of thiocarbonyl (C=S) groups is 1. The van der Waals surface area contributed by atoms with Crippen LogP contribution in [0.15, 0.2) is 22.7 Å². The second-order valence-electron chi connectivity index (χ2n) is 5.71. The van der Waals surface area contributed by atoms with Crippen LogP contribution < -0.4 is 10.6 Å². The molecule has 0 amide bonds. The summed E-state index contributed by atoms with van der Waals surface area (Å²) in [6.07, 6.45) is 0. The fourth-order valence-electron chi connectivity index (χ4n) is 2.61. The maximum atomic E-state index is 5.69. The topological polar surface area (TPSA) is 32.5 Å². The first-order valence-corrected chi connectivity index (χ1v) is 8.24. The number of hydrogen-bond acceptors (Lipinski definition) is 3. The molecular weight excluding hydrogens is 334 g/mol. The third-order valence-corrected chi connectivity index (χ3v) is 4.45. The Labute approximate surface area is 135 Å². The summed E-state index contributed by atoms with van der Waals surface area (Å²) in [5.41, 5.74) is 7.83. The van der Waals surface area contributed by atoms with Gasteiger partial charge in [0.1, 0.15) is 4.99 Å². The Morgan fingerprint density at radius 3 is 2.45 bits per heavy atom. The highest BCUT2D eigenvalue weighted by molar-refractivity contribution is 9.10. The summed E-state index contributed by atoms with van der Waals surface area (Å²) in [7, 11) is 0. The van der Waals surface area contributed by atoms with Gasteiger partial charge in [-0.2, -0.15) is 0 Å². The fourth-order valence-corrected chi connectivity index (χ4v) is 3.50. The summed E-state index contributed by atoms with van der Waals surface area (Å²) < 4.78 is 0.979. The van der Waals surface area contributed by atoms with E-state index >= 15 is 0 Å². The van der Waals surface area contributed by atoms with Gasteiger partial charge in [0.25, 0.3) is 0 Å². The van der Waals surface area contributed by atoms with E-state index in [9.17, 15) is 0 Å². The van der Waals surface area contributed by atoms with Crippen LogP contribution in [0.4, 0.5) is 5.69 Å². The smallest absolute Gasteiger partial charge is 0.105 e. The lowest BCUT2D eigenvalue weighted by molar-refractivity contribution is 0.231. The molecule has 0 spiro atoms. The van der Waals surface area contributed by atoms with Crippen molar-refractivity contribution in [2.75, 3.05) is 37.6 Å². The summed E-state index contributed by atoms with van der Waals surface area (Å²) in [6.45, 7) is 10.2. The number of piperazine rings is 1. The molecule has 1 aliphatic rings. The SMILES string of the molecule is CC(C)CN1CCN(c2ccc(C(N)=S)c(Br)c2)CC1. The Morgan fingerprint density at radius 2 is 1.95 bits per heavy atom. The minimum Gasteiger partial charge on any atom is -0.389 e. The highest BCUT2D eigenvalue weighted by Crippen LogP contribution is 2.25. The van der Waals surface area contributed by atoms with Gasteiger partial charge in [-0.25, -0.2) is 0 Å². The molecular formula is C15H22BrN3S. The zero-order valence-corrected chi connectivity index (χ0v) is 14.5. The van der Waals surface area contributed by atoms with Crippen LogP contribution in [0.25, 0.3) is 0 Å². The molecule has 1 heterocycles. The third kappa shape index (κ3) is 3.93. The van der Waals surface area contributed by atoms with Gasteiger partial charge in [-0.3, -0.25) is 4.90 Å². The average Bonchev–Trinajstić information content (AvgIpc) is 2.38. The molecule has 1 aromatic carbocycles. The Morgan fingerprint density at radius 1 is 1.30 bits per heavy atom. The van der Waals surface area contributed by atoms with Crippen molar-refractivity contribution in [2.45, 2.75) is 13.8 Å². The van der Waals surface area contributed by atoms with Crippen molar-refractivity contribution in [3.05, 3.63) is 28.2 Å². The van der Waals surface area contributed by atoms with Crippen LogP contribution in [0.3, 0.4) is 0 Å². The van der Waals surface area contributed by atoms with Gasteiger partial charge in [-0.05, 0) is 40.0 Å². The molecule has 0 aromatic heterocycles. The number of anilines is 1. The zero-order valence-electron chi connectivity index (χ0n) is 12.1. The van der Waals surface area contributed by atoms with Crippen LogP contribution >= 0.6 is 28.1 Å². The molecule has 1 aliphatic heterocycles. The Balaban J connectivity index is 2.00. The lowest BCUT2D eigenvalue weighted by Crippen LogP contribution is -2.47. The van der Waals surface area contributed by atoms with Gasteiger partial charge in [0.15, 0.2) is 0 Å². The lowest BCUT2D eigenvalue weighted by atomic mass is 10.1. The summed E-state index contributed by atoms with van der Waals surface area (Å²) in [5.74, 6) is 0.737. The van der Waals surface area contributed by atoms with Gasteiger partial charge in [-0.1, -0.05) is 26.1 Å². The molecule has 1 saturated heterocycles. The molecule has 20 heavy (non-hydrogen) atoms. The van der Waals surface area contributed by atoms with E-state index in [2.05, 4.69) is 51.7 Å². The normalized spacial score (nSPS) is 16.7. The third-order valence-electron chi connectivity index (χ3n) is 3.58. The Hall–Kier alpha value is -0.650. The molecule has 0 aliphatic carbocycles. The van der Waals surface area contributed by atoms with Gasteiger partial charge in [0, 0.05) is 48.4 Å². The van der Waals surface area contributed by atoms with Crippen molar-refractivity contribution in [1.82, 2.24) is 4.90 Å². The molecule has 2 rings (SSSR count). The van der Waals surface area contributed by atoms with Crippen LogP contribution in [0.1, 0.15) is 19.4 Å². The van der Waals surface area contributed by atoms with Crippen molar-refractivity contribution in [1.29, 1.82) is 0 Å². The molecule has 1 fully saturated rings. The van der Waals surface area contributed by atoms with Crippen molar-refractivity contribution < 1.29 is 0 Å². The van der Waals surface area contributed by atoms with Gasteiger partial charge in [-0.15, -0.1) is 0 Å². The Kier molecular flexibility index (Phi) is 5.41. The lowest BCUT2D eigenvalue weighted by Gasteiger charge is -2.37. The monoisotopic (exact) mass is 355 g/mol. The minimum atomic E-state index is 0.435. The number of rotatable bonds is 4. The zero-order chi connectivity index (χ0) is 14.7. The van der Waals surface area contributed by atoms with Crippen LogP contribution in [0.2, 0.25) is 0 Å². The van der Waals surface area contributed by atoms with E-state index < -0.39 is 0 Å². The number of nitrogens with zero attached hydrogens (tertiary/aromatic N) is 2. The average molecular weight is 356 g/mol. The van der Waals surface area contributed by atoms with Crippen molar-refractivity contribution in [3.63, 3.8) is 0 Å². The molecule has 0 saturated carbocycles. The maximum Gasteiger partial charge on any atom is 0.105 e. The molecule has 5 heteroatoms. The van der Waals surface area contributed by atoms with Gasteiger partial charge >= 0.3 is 0 Å². The molecule has 0 atom stereocenters. The van der Waals surface area contributed by atoms with Gasteiger partial charge in [0.2, 0.25) is 0 Å². The predicted molar refractivity (Wildman–Crippen MR) is 93.5 cm³/mol. The minimum absolute atomic E-state index is 0.435. The molecule has 3 nitrogen and oxygen atoms in total. The largest absolute Gasteiger partial charge is 0.389 e. The van der Waals surface area contributed by atoms with Crippen molar-refractivity contribution in [2.24, 2.45) is 11.7 Å². The van der Waals surface area contributed by atoms with E-state index in [1.54, 1.807) is 0 Å². The maximum absolute atomic E-state index is 5.69. The standard InChI is InChI=1S/C15H22BrN3S/c1-11(2)10-18-5-7-19(8-6-18)12-3-4-13(15(17)20)14(16)9-12/h3-4,9,11H,5-8,10H2,1-2H3,(H2,17,20). The van der Waals surface area contributed by atoms with E-state index in [1.165, 1.54) is 12.2 Å². The molecule has 110 valence electrons. The summed E-state index contributed by atoms with van der Waals surface area (Å²) in [6, 6.07) is 6.23. The van der Waals surface area contributed by atoms with E-state index in [4.69, 9.17) is 18.0 Å². The first-order valence-electron chi connectivity index (χ1n) is 7.04. The highest BCUT2D eigenvalue weighted by atomic mass is 79.9. The molecule has 0 bridgehead atoms. The summed E-state index contributed by atoms with van der Waals surface area (Å²) in [4.78, 5) is 5.40. The van der Waals surface area contributed by atoms with Crippen LogP contribution in [-0.4, -0.2) is 42.6 Å². The van der Waals surface area contributed by atoms with E-state index in [1.807, 2.05) is 6.07 Å². The van der Waals surface area contributed by atoms with Crippen LogP contribution in [-0.2, 0) is 0 Å². The van der Waals surface area contributed by atoms with Crippen LogP contribution in [0.5, 0.6) is 0 Å². The first kappa shape index (κ1) is 15.7. The summed E-state index contributed by atoms with van der Waals surface area (Å²) in [5, 5.41) is 0. The molecule has 2 N–H and O–H groups in total. The van der Waals surface area contributed by atoms with Crippen molar-refractivity contribution in [3.8, 4) is 0 Å². The molecule has 1 aromatic rings. The fraction of sp³-hybridized carbons (Fsp3) is 0.533. The van der Waals surface area contributed by atoms with E-state index in [0.717, 1.165) is 42.1 Å². The molecule has 0 unspecified atom stereocenters. The van der Waals surface area contributed by atoms with Gasteiger partial charge < -0.3 is 10.6 Å². The number of nitrogens with two attached hydrogens (primary N) is 1.